The third kappa shape index (κ3) is 67.9. The van der Waals surface area contributed by atoms with Crippen LogP contribution in [0.25, 0.3) is 0 Å². The van der Waals surface area contributed by atoms with Crippen molar-refractivity contribution in [2.24, 2.45) is 0 Å². The fraction of sp³-hybridized carbons (Fsp3) is 0.829. The third-order valence-electron chi connectivity index (χ3n) is 16.2. The van der Waals surface area contributed by atoms with E-state index in [9.17, 15) is 14.4 Å². The van der Waals surface area contributed by atoms with Crippen molar-refractivity contribution in [3.05, 3.63) is 60.8 Å². The SMILES string of the molecule is CCCCC/C=C\C/C=C\CCCCCCCCCC(=O)OC(COC(=O)CCCCCCC/C=C\CCCCC)COC(=O)CCCCCCCCCCCCCCCCCCCCCCCCC/C=C\C/C=C\CCCCCCC. The van der Waals surface area contributed by atoms with Crippen LogP contribution in [0.1, 0.15) is 387 Å². The predicted octanol–water partition coefficient (Wildman–Crippen LogP) is 25.1. The van der Waals surface area contributed by atoms with E-state index in [-0.39, 0.29) is 31.1 Å². The monoisotopic (exact) mass is 1150 g/mol. The van der Waals surface area contributed by atoms with Gasteiger partial charge in [-0.15, -0.1) is 0 Å². The van der Waals surface area contributed by atoms with Crippen molar-refractivity contribution < 1.29 is 28.6 Å². The average molecular weight is 1150 g/mol. The van der Waals surface area contributed by atoms with E-state index in [1.165, 1.54) is 263 Å². The summed E-state index contributed by atoms with van der Waals surface area (Å²) in [6.45, 7) is 6.62. The van der Waals surface area contributed by atoms with E-state index in [2.05, 4.69) is 81.5 Å². The molecule has 0 radical (unpaired) electrons. The third-order valence-corrected chi connectivity index (χ3v) is 16.2. The van der Waals surface area contributed by atoms with Crippen molar-refractivity contribution in [1.29, 1.82) is 0 Å². The topological polar surface area (TPSA) is 78.9 Å². The van der Waals surface area contributed by atoms with Gasteiger partial charge in [0.05, 0.1) is 0 Å². The molecule has 0 heterocycles. The first kappa shape index (κ1) is 79.1. The van der Waals surface area contributed by atoms with E-state index in [0.29, 0.717) is 19.3 Å². The molecule has 6 heteroatoms. The Morgan fingerprint density at radius 2 is 0.439 bits per heavy atom. The highest BCUT2D eigenvalue weighted by molar-refractivity contribution is 5.71. The van der Waals surface area contributed by atoms with Crippen molar-refractivity contribution in [3.8, 4) is 0 Å². The highest BCUT2D eigenvalue weighted by Crippen LogP contribution is 2.18. The van der Waals surface area contributed by atoms with Crippen LogP contribution in [-0.2, 0) is 28.6 Å². The Balaban J connectivity index is 4.07. The zero-order valence-electron chi connectivity index (χ0n) is 55.0. The summed E-state index contributed by atoms with van der Waals surface area (Å²) in [6.07, 6.45) is 91.3. The fourth-order valence-electron chi connectivity index (χ4n) is 10.7. The molecule has 0 amide bonds. The van der Waals surface area contributed by atoms with Crippen molar-refractivity contribution in [3.63, 3.8) is 0 Å². The molecule has 0 fully saturated rings. The maximum Gasteiger partial charge on any atom is 0.306 e. The van der Waals surface area contributed by atoms with Crippen molar-refractivity contribution in [2.45, 2.75) is 393 Å². The summed E-state index contributed by atoms with van der Waals surface area (Å²) in [4.78, 5) is 38.3. The van der Waals surface area contributed by atoms with Crippen LogP contribution < -0.4 is 0 Å². The molecule has 0 aromatic heterocycles. The Morgan fingerprint density at radius 3 is 0.707 bits per heavy atom. The first-order valence-electron chi connectivity index (χ1n) is 36.3. The Hall–Kier alpha value is -2.89. The van der Waals surface area contributed by atoms with Gasteiger partial charge in [0.25, 0.3) is 0 Å². The number of rotatable bonds is 67. The van der Waals surface area contributed by atoms with Crippen LogP contribution in [0.4, 0.5) is 0 Å². The molecule has 0 bridgehead atoms. The maximum atomic E-state index is 12.9. The summed E-state index contributed by atoms with van der Waals surface area (Å²) in [5, 5.41) is 0. The molecule has 0 N–H and O–H groups in total. The molecule has 0 aliphatic carbocycles. The number of allylic oxidation sites excluding steroid dienone is 10. The normalized spacial score (nSPS) is 12.4. The van der Waals surface area contributed by atoms with Crippen LogP contribution in [0.15, 0.2) is 60.8 Å². The van der Waals surface area contributed by atoms with Crippen molar-refractivity contribution >= 4 is 17.9 Å². The second-order valence-electron chi connectivity index (χ2n) is 24.5. The molecule has 0 saturated carbocycles. The molecule has 0 rings (SSSR count). The number of esters is 3. The highest BCUT2D eigenvalue weighted by Gasteiger charge is 2.19. The quantitative estimate of drug-likeness (QED) is 0.0261. The number of hydrogen-bond acceptors (Lipinski definition) is 6. The lowest BCUT2D eigenvalue weighted by atomic mass is 10.0. The van der Waals surface area contributed by atoms with E-state index in [0.717, 1.165) is 83.5 Å². The Labute approximate surface area is 510 Å². The molecule has 1 atom stereocenters. The largest absolute Gasteiger partial charge is 0.462 e. The molecule has 0 aliphatic rings. The van der Waals surface area contributed by atoms with E-state index >= 15 is 0 Å². The van der Waals surface area contributed by atoms with E-state index in [1.54, 1.807) is 0 Å². The smallest absolute Gasteiger partial charge is 0.306 e. The molecule has 0 aliphatic heterocycles. The molecule has 0 spiro atoms. The lowest BCUT2D eigenvalue weighted by Gasteiger charge is -2.18. The second-order valence-corrected chi connectivity index (χ2v) is 24.5. The molecule has 82 heavy (non-hydrogen) atoms. The van der Waals surface area contributed by atoms with E-state index < -0.39 is 6.10 Å². The first-order chi connectivity index (χ1) is 40.5. The molecule has 0 aromatic carbocycles. The molecule has 1 unspecified atom stereocenters. The number of carbonyl (C=O) groups excluding carboxylic acids is 3. The van der Waals surface area contributed by atoms with Crippen LogP contribution in [0, 0.1) is 0 Å². The van der Waals surface area contributed by atoms with Crippen molar-refractivity contribution in [2.75, 3.05) is 13.2 Å². The van der Waals surface area contributed by atoms with Crippen LogP contribution in [0.5, 0.6) is 0 Å². The van der Waals surface area contributed by atoms with Crippen LogP contribution in [0.3, 0.4) is 0 Å². The molecule has 0 aromatic rings. The summed E-state index contributed by atoms with van der Waals surface area (Å²) >= 11 is 0. The lowest BCUT2D eigenvalue weighted by molar-refractivity contribution is -0.167. The van der Waals surface area contributed by atoms with Gasteiger partial charge in [-0.1, -0.05) is 319 Å². The summed E-state index contributed by atoms with van der Waals surface area (Å²) in [5.74, 6) is -0.872. The van der Waals surface area contributed by atoms with Gasteiger partial charge in [-0.2, -0.15) is 0 Å². The molecular weight excluding hydrogens is 1010 g/mol. The highest BCUT2D eigenvalue weighted by atomic mass is 16.6. The predicted molar refractivity (Wildman–Crippen MR) is 358 cm³/mol. The second kappa shape index (κ2) is 70.6. The average Bonchev–Trinajstić information content (AvgIpc) is 3.47. The molecule has 6 nitrogen and oxygen atoms in total. The maximum absolute atomic E-state index is 12.9. The first-order valence-corrected chi connectivity index (χ1v) is 36.3. The fourth-order valence-corrected chi connectivity index (χ4v) is 10.7. The number of carbonyl (C=O) groups is 3. The Kier molecular flexibility index (Phi) is 68.1. The minimum Gasteiger partial charge on any atom is -0.462 e. The minimum absolute atomic E-state index is 0.0760. The summed E-state index contributed by atoms with van der Waals surface area (Å²) in [7, 11) is 0. The Morgan fingerprint density at radius 1 is 0.244 bits per heavy atom. The molecule has 478 valence electrons. The number of ether oxygens (including phenoxy) is 3. The lowest BCUT2D eigenvalue weighted by Crippen LogP contribution is -2.30. The number of hydrogen-bond donors (Lipinski definition) is 0. The van der Waals surface area contributed by atoms with E-state index in [4.69, 9.17) is 14.2 Å². The van der Waals surface area contributed by atoms with Gasteiger partial charge in [-0.05, 0) is 109 Å². The number of unbranched alkanes of at least 4 members (excludes halogenated alkanes) is 46. The standard InChI is InChI=1S/C76H138O6/c1-4-7-10-13-16-19-22-25-27-29-30-31-32-33-34-35-36-37-38-39-40-41-42-43-44-45-46-48-49-51-54-57-60-63-66-69-75(78)81-72-73(71-80-74(77)68-65-62-59-56-53-24-21-18-15-12-9-6-3)82-76(79)70-67-64-61-58-55-52-50-47-28-26-23-20-17-14-11-8-5-2/h17-18,20-22,25-26,28-30,73H,4-16,19,23-24,27,31-72H2,1-3H3/b20-17-,21-18-,25-22-,28-26-,30-29-. The van der Waals surface area contributed by atoms with E-state index in [1.807, 2.05) is 0 Å². The van der Waals surface area contributed by atoms with Gasteiger partial charge in [0, 0.05) is 19.3 Å². The molecule has 0 saturated heterocycles. The van der Waals surface area contributed by atoms with Gasteiger partial charge in [0.2, 0.25) is 0 Å². The van der Waals surface area contributed by atoms with Gasteiger partial charge in [0.1, 0.15) is 13.2 Å². The van der Waals surface area contributed by atoms with Gasteiger partial charge in [-0.3, -0.25) is 14.4 Å². The minimum atomic E-state index is -0.780. The van der Waals surface area contributed by atoms with Crippen LogP contribution >= 0.6 is 0 Å². The van der Waals surface area contributed by atoms with Gasteiger partial charge in [0.15, 0.2) is 6.10 Å². The zero-order chi connectivity index (χ0) is 59.2. The summed E-state index contributed by atoms with van der Waals surface area (Å²) in [5.41, 5.74) is 0. The van der Waals surface area contributed by atoms with Crippen LogP contribution in [0.2, 0.25) is 0 Å². The van der Waals surface area contributed by atoms with Gasteiger partial charge >= 0.3 is 17.9 Å². The van der Waals surface area contributed by atoms with Crippen molar-refractivity contribution in [1.82, 2.24) is 0 Å². The summed E-state index contributed by atoms with van der Waals surface area (Å²) in [6, 6.07) is 0. The molecular formula is C76H138O6. The van der Waals surface area contributed by atoms with Crippen LogP contribution in [-0.4, -0.2) is 37.2 Å². The Bertz CT molecular complexity index is 1460. The van der Waals surface area contributed by atoms with Gasteiger partial charge < -0.3 is 14.2 Å². The summed E-state index contributed by atoms with van der Waals surface area (Å²) < 4.78 is 16.9. The van der Waals surface area contributed by atoms with Gasteiger partial charge in [-0.25, -0.2) is 0 Å². The zero-order valence-corrected chi connectivity index (χ0v) is 55.0.